The Kier molecular flexibility index (Phi) is 7.57. The zero-order valence-corrected chi connectivity index (χ0v) is 20.0. The van der Waals surface area contributed by atoms with Crippen molar-refractivity contribution in [2.75, 3.05) is 37.4 Å². The molecule has 0 spiro atoms. The monoisotopic (exact) mass is 475 g/mol. The zero-order chi connectivity index (χ0) is 24.8. The molecule has 0 saturated carbocycles. The number of rotatable bonds is 8. The molecule has 3 aromatic rings. The highest BCUT2D eigenvalue weighted by Crippen LogP contribution is 2.29. The summed E-state index contributed by atoms with van der Waals surface area (Å²) in [6, 6.07) is 15.7. The number of nitrogens with zero attached hydrogens (tertiary/aromatic N) is 3. The third-order valence-electron chi connectivity index (χ3n) is 5.61. The summed E-state index contributed by atoms with van der Waals surface area (Å²) in [6.07, 6.45) is 3.06. The van der Waals surface area contributed by atoms with Gasteiger partial charge in [-0.2, -0.15) is 9.97 Å². The summed E-state index contributed by atoms with van der Waals surface area (Å²) in [5.41, 5.74) is 2.43. The van der Waals surface area contributed by atoms with Gasteiger partial charge in [0.1, 0.15) is 11.9 Å². The van der Waals surface area contributed by atoms with Crippen molar-refractivity contribution in [2.24, 2.45) is 0 Å². The predicted molar refractivity (Wildman–Crippen MR) is 134 cm³/mol. The summed E-state index contributed by atoms with van der Waals surface area (Å²) >= 11 is 0. The van der Waals surface area contributed by atoms with Crippen molar-refractivity contribution in [2.45, 2.75) is 26.0 Å². The van der Waals surface area contributed by atoms with Gasteiger partial charge in [-0.1, -0.05) is 36.4 Å². The summed E-state index contributed by atoms with van der Waals surface area (Å²) in [4.78, 5) is 34.9. The molecule has 1 aliphatic heterocycles. The molecule has 1 fully saturated rings. The fraction of sp³-hybridized carbons (Fsp3) is 0.308. The topological polar surface area (TPSA) is 106 Å². The molecule has 1 saturated heterocycles. The van der Waals surface area contributed by atoms with E-state index in [1.165, 1.54) is 13.2 Å². The maximum Gasteiger partial charge on any atom is 0.320 e. The Labute approximate surface area is 204 Å². The molecular weight excluding hydrogens is 446 g/mol. The molecule has 9 nitrogen and oxygen atoms in total. The number of nitrogens with one attached hydrogen (secondary N) is 2. The number of carbonyl (C=O) groups excluding carboxylic acids is 2. The molecule has 35 heavy (non-hydrogen) atoms. The first-order valence-electron chi connectivity index (χ1n) is 11.5. The van der Waals surface area contributed by atoms with Gasteiger partial charge in [-0.15, -0.1) is 0 Å². The van der Waals surface area contributed by atoms with Crippen LogP contribution >= 0.6 is 0 Å². The molecule has 9 heteroatoms. The number of hydrogen-bond acceptors (Lipinski definition) is 8. The van der Waals surface area contributed by atoms with Crippen LogP contribution in [0, 0.1) is 0 Å². The second kappa shape index (κ2) is 11.0. The van der Waals surface area contributed by atoms with Crippen LogP contribution in [0.15, 0.2) is 60.7 Å². The highest BCUT2D eigenvalue weighted by molar-refractivity contribution is 6.01. The first kappa shape index (κ1) is 24.2. The number of benzene rings is 2. The van der Waals surface area contributed by atoms with Crippen LogP contribution < -0.4 is 15.4 Å². The average molecular weight is 476 g/mol. The van der Waals surface area contributed by atoms with Crippen LogP contribution in [0.2, 0.25) is 0 Å². The molecule has 0 unspecified atom stereocenters. The second-order valence-corrected chi connectivity index (χ2v) is 8.45. The van der Waals surface area contributed by atoms with Gasteiger partial charge in [0.2, 0.25) is 5.91 Å². The lowest BCUT2D eigenvalue weighted by atomic mass is 10.1. The molecular formula is C26H29N5O4. The van der Waals surface area contributed by atoms with Gasteiger partial charge in [0, 0.05) is 36.3 Å². The van der Waals surface area contributed by atoms with Crippen LogP contribution in [0.3, 0.4) is 0 Å². The van der Waals surface area contributed by atoms with Gasteiger partial charge >= 0.3 is 12.0 Å². The molecule has 2 N–H and O–H groups in total. The maximum absolute atomic E-state index is 12.5. The van der Waals surface area contributed by atoms with Gasteiger partial charge in [0.05, 0.1) is 19.2 Å². The number of cyclic esters (lactones) is 1. The number of ether oxygens (including phenoxy) is 2. The Morgan fingerprint density at radius 2 is 2.06 bits per heavy atom. The van der Waals surface area contributed by atoms with E-state index in [9.17, 15) is 9.59 Å². The van der Waals surface area contributed by atoms with Gasteiger partial charge in [-0.05, 0) is 37.6 Å². The summed E-state index contributed by atoms with van der Waals surface area (Å²) < 4.78 is 10.4. The van der Waals surface area contributed by atoms with Crippen LogP contribution in [0.1, 0.15) is 25.5 Å². The molecule has 4 rings (SSSR count). The lowest BCUT2D eigenvalue weighted by Crippen LogP contribution is -2.44. The number of morpholine rings is 1. The van der Waals surface area contributed by atoms with Crippen molar-refractivity contribution in [1.29, 1.82) is 0 Å². The van der Waals surface area contributed by atoms with Gasteiger partial charge in [0.25, 0.3) is 0 Å². The van der Waals surface area contributed by atoms with Crippen molar-refractivity contribution >= 4 is 34.3 Å². The second-order valence-electron chi connectivity index (χ2n) is 8.45. The molecule has 2 aromatic carbocycles. The smallest absolute Gasteiger partial charge is 0.320 e. The maximum atomic E-state index is 12.5. The minimum absolute atomic E-state index is 0.00465. The summed E-state index contributed by atoms with van der Waals surface area (Å²) in [6.45, 7) is 5.26. The number of esters is 1. The number of hydrogen-bond donors (Lipinski definition) is 2. The van der Waals surface area contributed by atoms with Gasteiger partial charge in [-0.3, -0.25) is 14.5 Å². The summed E-state index contributed by atoms with van der Waals surface area (Å²) in [5, 5.41) is 7.07. The van der Waals surface area contributed by atoms with Crippen molar-refractivity contribution in [3.63, 3.8) is 0 Å². The fourth-order valence-electron chi connectivity index (χ4n) is 3.96. The predicted octanol–water partition coefficient (Wildman–Crippen LogP) is 3.55. The van der Waals surface area contributed by atoms with E-state index in [1.54, 1.807) is 12.1 Å². The van der Waals surface area contributed by atoms with Gasteiger partial charge in [-0.25, -0.2) is 0 Å². The number of methoxy groups -OCH3 is 1. The van der Waals surface area contributed by atoms with Crippen molar-refractivity contribution in [1.82, 2.24) is 14.9 Å². The molecule has 0 radical (unpaired) electrons. The van der Waals surface area contributed by atoms with Gasteiger partial charge < -0.3 is 20.1 Å². The zero-order valence-electron chi connectivity index (χ0n) is 20.0. The summed E-state index contributed by atoms with van der Waals surface area (Å²) in [7, 11) is 1.53. The molecule has 0 bridgehead atoms. The molecule has 182 valence electrons. The van der Waals surface area contributed by atoms with E-state index in [-0.39, 0.29) is 36.6 Å². The molecule has 0 aliphatic carbocycles. The van der Waals surface area contributed by atoms with E-state index in [0.717, 1.165) is 10.9 Å². The lowest BCUT2D eigenvalue weighted by Gasteiger charge is -2.29. The normalized spacial score (nSPS) is 17.2. The van der Waals surface area contributed by atoms with E-state index >= 15 is 0 Å². The highest BCUT2D eigenvalue weighted by Gasteiger charge is 2.22. The molecule has 1 amide bonds. The van der Waals surface area contributed by atoms with Crippen LogP contribution in [0.4, 0.5) is 11.5 Å². The molecule has 1 aliphatic rings. The Hall–Kier alpha value is -3.98. The SMILES string of the molecule is COc1nc(N[C@H](C)c2ccccc2)c2cc(NC(=O)C=CCN3CC(=O)O[C@H](C)C3)ccc2n1. The molecule has 2 atom stereocenters. The number of aromatic nitrogens is 2. The Morgan fingerprint density at radius 3 is 2.80 bits per heavy atom. The minimum Gasteiger partial charge on any atom is -0.467 e. The van der Waals surface area contributed by atoms with Crippen LogP contribution in [-0.4, -0.2) is 59.6 Å². The Morgan fingerprint density at radius 1 is 1.26 bits per heavy atom. The summed E-state index contributed by atoms with van der Waals surface area (Å²) in [5.74, 6) is 0.0992. The largest absolute Gasteiger partial charge is 0.467 e. The highest BCUT2D eigenvalue weighted by atomic mass is 16.5. The quantitative estimate of drug-likeness (QED) is 0.376. The van der Waals surface area contributed by atoms with E-state index in [2.05, 4.69) is 27.5 Å². The van der Waals surface area contributed by atoms with Crippen LogP contribution in [0.25, 0.3) is 10.9 Å². The molecule has 1 aromatic heterocycles. The van der Waals surface area contributed by atoms with E-state index in [4.69, 9.17) is 9.47 Å². The Balaban J connectivity index is 1.48. The average Bonchev–Trinajstić information content (AvgIpc) is 2.84. The number of amides is 1. The molecule has 2 heterocycles. The van der Waals surface area contributed by atoms with Crippen molar-refractivity contribution in [3.8, 4) is 6.01 Å². The van der Waals surface area contributed by atoms with Crippen molar-refractivity contribution < 1.29 is 19.1 Å². The van der Waals surface area contributed by atoms with Crippen LogP contribution in [0.5, 0.6) is 6.01 Å². The van der Waals surface area contributed by atoms with Crippen molar-refractivity contribution in [3.05, 3.63) is 66.2 Å². The third-order valence-corrected chi connectivity index (χ3v) is 5.61. The lowest BCUT2D eigenvalue weighted by molar-refractivity contribution is -0.156. The first-order valence-corrected chi connectivity index (χ1v) is 11.5. The van der Waals surface area contributed by atoms with E-state index < -0.39 is 0 Å². The van der Waals surface area contributed by atoms with E-state index in [1.807, 2.05) is 54.3 Å². The number of fused-ring (bicyclic) bond motifs is 1. The number of anilines is 2. The van der Waals surface area contributed by atoms with E-state index in [0.29, 0.717) is 30.1 Å². The number of carbonyl (C=O) groups is 2. The van der Waals surface area contributed by atoms with Gasteiger partial charge in [0.15, 0.2) is 0 Å². The fourth-order valence-corrected chi connectivity index (χ4v) is 3.96. The first-order chi connectivity index (χ1) is 16.9. The minimum atomic E-state index is -0.265. The third kappa shape index (κ3) is 6.33. The Bertz CT molecular complexity index is 1230. The standard InChI is InChI=1S/C26H29N5O4/c1-17-15-31(16-24(33)35-17)13-7-10-23(32)28-20-11-12-22-21(14-20)25(30-26(29-22)34-3)27-18(2)19-8-5-4-6-9-19/h4-12,14,17-18H,13,15-16H2,1-3H3,(H,28,32)(H,27,29,30)/t17-,18-/m1/s1. The van der Waals surface area contributed by atoms with Crippen LogP contribution in [-0.2, 0) is 14.3 Å².